The van der Waals surface area contributed by atoms with Crippen LogP contribution in [-0.4, -0.2) is 62.3 Å². The van der Waals surface area contributed by atoms with E-state index in [4.69, 9.17) is 5.26 Å². The summed E-state index contributed by atoms with van der Waals surface area (Å²) >= 11 is 1.02. The Labute approximate surface area is 179 Å². The molecule has 1 fully saturated rings. The topological polar surface area (TPSA) is 149 Å². The summed E-state index contributed by atoms with van der Waals surface area (Å²) in [6.45, 7) is 3.98. The van der Waals surface area contributed by atoms with Crippen LogP contribution < -0.4 is 13.9 Å². The third-order valence-corrected chi connectivity index (χ3v) is 7.18. The van der Waals surface area contributed by atoms with Gasteiger partial charge in [-0.05, 0) is 31.4 Å². The van der Waals surface area contributed by atoms with Gasteiger partial charge in [-0.15, -0.1) is 0 Å². The fourth-order valence-electron chi connectivity index (χ4n) is 3.29. The zero-order valence-corrected chi connectivity index (χ0v) is 19.3. The molecule has 0 aromatic carbocycles. The van der Waals surface area contributed by atoms with Crippen molar-refractivity contribution < 1.29 is 16.8 Å². The highest BCUT2D eigenvalue weighted by molar-refractivity contribution is 7.92. The molecule has 1 aliphatic rings. The van der Waals surface area contributed by atoms with Crippen molar-refractivity contribution in [1.82, 2.24) is 19.1 Å². The molecule has 1 aliphatic heterocycles. The van der Waals surface area contributed by atoms with Gasteiger partial charge in [0, 0.05) is 24.8 Å². The van der Waals surface area contributed by atoms with E-state index >= 15 is 0 Å². The summed E-state index contributed by atoms with van der Waals surface area (Å²) in [5, 5.41) is 9.47. The van der Waals surface area contributed by atoms with Gasteiger partial charge in [0.15, 0.2) is 0 Å². The Hall–Kier alpha value is -2.34. The summed E-state index contributed by atoms with van der Waals surface area (Å²) in [6, 6.07) is 3.64. The van der Waals surface area contributed by atoms with Gasteiger partial charge in [-0.3, -0.25) is 0 Å². The average molecular weight is 472 g/mol. The molecule has 2 aromatic heterocycles. The van der Waals surface area contributed by atoms with Crippen molar-refractivity contribution in [3.05, 3.63) is 23.5 Å². The fraction of sp³-hybridized carbons (Fsp3) is 0.500. The van der Waals surface area contributed by atoms with E-state index in [-0.39, 0.29) is 25.5 Å². The van der Waals surface area contributed by atoms with E-state index in [1.807, 2.05) is 6.07 Å². The standard InChI is InChI=1S/C16H21N7O4S3/c1-11-8-18-15(23(30(4,26)27)13-7-12(2)20-28-13)19-14(11)22-9-16(10-22,5-6-17)21-29(3,24)25/h7-8,21H,5,9-10H2,1-4H3. The third-order valence-electron chi connectivity index (χ3n) is 4.37. The molecule has 0 amide bonds. The molecular formula is C16H21N7O4S3. The first kappa shape index (κ1) is 22.3. The van der Waals surface area contributed by atoms with Crippen molar-refractivity contribution in [2.75, 3.05) is 34.8 Å². The lowest BCUT2D eigenvalue weighted by Gasteiger charge is -2.49. The first-order valence-electron chi connectivity index (χ1n) is 8.72. The maximum atomic E-state index is 12.4. The molecule has 0 atom stereocenters. The summed E-state index contributed by atoms with van der Waals surface area (Å²) < 4.78 is 55.9. The second-order valence-corrected chi connectivity index (χ2v) is 11.7. The number of hydrogen-bond donors (Lipinski definition) is 1. The number of hydrogen-bond acceptors (Lipinski definition) is 10. The second-order valence-electron chi connectivity index (χ2n) is 7.36. The van der Waals surface area contributed by atoms with E-state index in [1.165, 1.54) is 6.20 Å². The lowest BCUT2D eigenvalue weighted by molar-refractivity contribution is 0.303. The predicted octanol–water partition coefficient (Wildman–Crippen LogP) is 0.669. The van der Waals surface area contributed by atoms with E-state index < -0.39 is 25.6 Å². The minimum atomic E-state index is -3.73. The van der Waals surface area contributed by atoms with Crippen molar-refractivity contribution in [3.63, 3.8) is 0 Å². The molecule has 0 bridgehead atoms. The first-order valence-corrected chi connectivity index (χ1v) is 13.2. The number of anilines is 3. The summed E-state index contributed by atoms with van der Waals surface area (Å²) in [5.74, 6) is 0.439. The molecule has 11 nitrogen and oxygen atoms in total. The van der Waals surface area contributed by atoms with Crippen molar-refractivity contribution in [2.45, 2.75) is 25.8 Å². The highest BCUT2D eigenvalue weighted by Crippen LogP contribution is 2.35. The van der Waals surface area contributed by atoms with Crippen LogP contribution in [0.15, 0.2) is 12.3 Å². The van der Waals surface area contributed by atoms with E-state index in [9.17, 15) is 16.8 Å². The molecule has 0 unspecified atom stereocenters. The molecule has 0 aliphatic carbocycles. The van der Waals surface area contributed by atoms with Gasteiger partial charge in [0.05, 0.1) is 36.2 Å². The quantitative estimate of drug-likeness (QED) is 0.614. The fourth-order valence-corrected chi connectivity index (χ4v) is 6.22. The van der Waals surface area contributed by atoms with Crippen LogP contribution in [0.25, 0.3) is 0 Å². The van der Waals surface area contributed by atoms with Gasteiger partial charge >= 0.3 is 0 Å². The van der Waals surface area contributed by atoms with Crippen molar-refractivity contribution in [2.24, 2.45) is 0 Å². The maximum absolute atomic E-state index is 12.4. The van der Waals surface area contributed by atoms with Crippen molar-refractivity contribution in [1.29, 1.82) is 5.26 Å². The number of aryl methyl sites for hydroxylation is 2. The number of nitriles is 1. The lowest BCUT2D eigenvalue weighted by atomic mass is 9.88. The van der Waals surface area contributed by atoms with Gasteiger partial charge in [0.1, 0.15) is 10.8 Å². The summed E-state index contributed by atoms with van der Waals surface area (Å²) in [5.41, 5.74) is 0.454. The highest BCUT2D eigenvalue weighted by atomic mass is 32.2. The molecule has 3 heterocycles. The molecule has 3 rings (SSSR count). The number of nitrogens with zero attached hydrogens (tertiary/aromatic N) is 6. The molecule has 30 heavy (non-hydrogen) atoms. The largest absolute Gasteiger partial charge is 0.352 e. The lowest BCUT2D eigenvalue weighted by Crippen LogP contribution is -2.70. The predicted molar refractivity (Wildman–Crippen MR) is 114 cm³/mol. The molecule has 1 saturated heterocycles. The molecule has 0 spiro atoms. The first-order chi connectivity index (χ1) is 13.8. The monoisotopic (exact) mass is 471 g/mol. The third kappa shape index (κ3) is 4.69. The Balaban J connectivity index is 1.95. The smallest absolute Gasteiger partial charge is 0.246 e. The Bertz CT molecular complexity index is 1210. The van der Waals surface area contributed by atoms with Crippen LogP contribution in [0.4, 0.5) is 16.8 Å². The van der Waals surface area contributed by atoms with Gasteiger partial charge in [0.25, 0.3) is 0 Å². The van der Waals surface area contributed by atoms with Gasteiger partial charge in [0.2, 0.25) is 26.0 Å². The Morgan fingerprint density at radius 3 is 2.47 bits per heavy atom. The number of nitrogens with one attached hydrogen (secondary N) is 1. The minimum absolute atomic E-state index is 0.00314. The highest BCUT2D eigenvalue weighted by Gasteiger charge is 2.46. The summed E-state index contributed by atoms with van der Waals surface area (Å²) in [6.07, 6.45) is 3.62. The van der Waals surface area contributed by atoms with Crippen molar-refractivity contribution >= 4 is 48.3 Å². The van der Waals surface area contributed by atoms with Crippen LogP contribution >= 0.6 is 11.5 Å². The molecule has 0 saturated carbocycles. The van der Waals surface area contributed by atoms with E-state index in [1.54, 1.807) is 24.8 Å². The van der Waals surface area contributed by atoms with E-state index in [0.717, 1.165) is 28.3 Å². The normalized spacial score (nSPS) is 16.0. The van der Waals surface area contributed by atoms with Gasteiger partial charge in [-0.2, -0.15) is 18.9 Å². The second kappa shape index (κ2) is 7.73. The molecule has 162 valence electrons. The van der Waals surface area contributed by atoms with Gasteiger partial charge in [-0.1, -0.05) is 0 Å². The Morgan fingerprint density at radius 1 is 1.30 bits per heavy atom. The molecule has 14 heteroatoms. The minimum Gasteiger partial charge on any atom is -0.352 e. The number of sulfonamides is 2. The molecule has 1 N–H and O–H groups in total. The zero-order valence-electron chi connectivity index (χ0n) is 16.8. The maximum Gasteiger partial charge on any atom is 0.246 e. The van der Waals surface area contributed by atoms with Crippen LogP contribution in [0.1, 0.15) is 17.7 Å². The average Bonchev–Trinajstić information content (AvgIpc) is 2.97. The van der Waals surface area contributed by atoms with Crippen molar-refractivity contribution in [3.8, 4) is 6.07 Å². The Kier molecular flexibility index (Phi) is 5.76. The Morgan fingerprint density at radius 2 is 1.97 bits per heavy atom. The van der Waals surface area contributed by atoms with Crippen LogP contribution in [0.3, 0.4) is 0 Å². The van der Waals surface area contributed by atoms with E-state index in [2.05, 4.69) is 19.1 Å². The van der Waals surface area contributed by atoms with Crippen LogP contribution in [0.5, 0.6) is 0 Å². The molecule has 0 radical (unpaired) electrons. The molecule has 2 aromatic rings. The van der Waals surface area contributed by atoms with Gasteiger partial charge < -0.3 is 4.90 Å². The van der Waals surface area contributed by atoms with E-state index in [0.29, 0.717) is 22.1 Å². The SMILES string of the molecule is Cc1cc(N(c2ncc(C)c(N3CC(CC#N)(NS(C)(=O)=O)C3)n2)S(C)(=O)=O)sn1. The van der Waals surface area contributed by atoms with Crippen LogP contribution in [0.2, 0.25) is 0 Å². The zero-order chi connectivity index (χ0) is 22.3. The summed E-state index contributed by atoms with van der Waals surface area (Å²) in [4.78, 5) is 10.4. The molecular weight excluding hydrogens is 450 g/mol. The van der Waals surface area contributed by atoms with Gasteiger partial charge in [-0.25, -0.2) is 26.5 Å². The van der Waals surface area contributed by atoms with Crippen LogP contribution in [-0.2, 0) is 20.0 Å². The number of aromatic nitrogens is 3. The number of rotatable bonds is 7. The van der Waals surface area contributed by atoms with Crippen LogP contribution in [0, 0.1) is 25.2 Å². The summed E-state index contributed by atoms with van der Waals surface area (Å²) in [7, 11) is -7.24.